The van der Waals surface area contributed by atoms with Gasteiger partial charge in [0.15, 0.2) is 0 Å². The van der Waals surface area contributed by atoms with Crippen LogP contribution in [0.1, 0.15) is 51.0 Å². The molecule has 1 unspecified atom stereocenters. The molecule has 1 atom stereocenters. The second-order valence-electron chi connectivity index (χ2n) is 9.13. The lowest BCUT2D eigenvalue weighted by Gasteiger charge is -2.34. The van der Waals surface area contributed by atoms with Crippen LogP contribution in [0.4, 0.5) is 5.69 Å². The number of nitrogens with zero attached hydrogens (tertiary/aromatic N) is 2. The number of halogens is 2. The van der Waals surface area contributed by atoms with Crippen molar-refractivity contribution in [2.24, 2.45) is 0 Å². The number of carbonyl (C=O) groups is 2. The molecule has 1 aliphatic carbocycles. The van der Waals surface area contributed by atoms with Crippen LogP contribution >= 0.6 is 27.5 Å². The number of hydrogen-bond acceptors (Lipinski definition) is 4. The molecule has 0 aromatic heterocycles. The van der Waals surface area contributed by atoms with Crippen molar-refractivity contribution >= 4 is 55.1 Å². The molecule has 0 radical (unpaired) electrons. The molecule has 7 nitrogen and oxygen atoms in total. The van der Waals surface area contributed by atoms with Gasteiger partial charge in [-0.05, 0) is 55.2 Å². The maximum Gasteiger partial charge on any atom is 0.244 e. The minimum atomic E-state index is -3.77. The first-order valence-electron chi connectivity index (χ1n) is 12.2. The van der Waals surface area contributed by atoms with E-state index in [1.54, 1.807) is 42.5 Å². The van der Waals surface area contributed by atoms with Crippen LogP contribution < -0.4 is 9.62 Å². The third-order valence-corrected chi connectivity index (χ3v) is 8.47. The fourth-order valence-corrected chi connectivity index (χ4v) is 5.80. The molecule has 2 amide bonds. The molecule has 2 aromatic carbocycles. The minimum Gasteiger partial charge on any atom is -0.352 e. The first-order valence-corrected chi connectivity index (χ1v) is 15.2. The van der Waals surface area contributed by atoms with E-state index in [-0.39, 0.29) is 18.5 Å². The Hall–Kier alpha value is -2.10. The molecule has 2 aromatic rings. The molecule has 0 saturated heterocycles. The molecular weight excluding hydrogens is 566 g/mol. The van der Waals surface area contributed by atoms with Crippen LogP contribution in [0.5, 0.6) is 0 Å². The molecule has 36 heavy (non-hydrogen) atoms. The number of benzene rings is 2. The Kier molecular flexibility index (Phi) is 10.2. The van der Waals surface area contributed by atoms with Gasteiger partial charge in [0.25, 0.3) is 0 Å². The molecule has 0 heterocycles. The second kappa shape index (κ2) is 12.9. The second-order valence-corrected chi connectivity index (χ2v) is 12.4. The molecule has 196 valence electrons. The van der Waals surface area contributed by atoms with Crippen LogP contribution in [0.25, 0.3) is 0 Å². The summed E-state index contributed by atoms with van der Waals surface area (Å²) >= 11 is 9.74. The van der Waals surface area contributed by atoms with Crippen molar-refractivity contribution in [1.29, 1.82) is 0 Å². The molecule has 10 heteroatoms. The van der Waals surface area contributed by atoms with E-state index < -0.39 is 28.5 Å². The van der Waals surface area contributed by atoms with Crippen LogP contribution in [0.3, 0.4) is 0 Å². The highest BCUT2D eigenvalue weighted by Crippen LogP contribution is 2.24. The van der Waals surface area contributed by atoms with Gasteiger partial charge in [0.2, 0.25) is 21.8 Å². The Balaban J connectivity index is 1.91. The monoisotopic (exact) mass is 597 g/mol. The first-order chi connectivity index (χ1) is 17.1. The summed E-state index contributed by atoms with van der Waals surface area (Å²) in [7, 11) is -3.77. The molecule has 1 saturated carbocycles. The fourth-order valence-electron chi connectivity index (χ4n) is 4.50. The highest BCUT2D eigenvalue weighted by atomic mass is 79.9. The number of hydrogen-bond donors (Lipinski definition) is 1. The van der Waals surface area contributed by atoms with Gasteiger partial charge in [0, 0.05) is 22.1 Å². The van der Waals surface area contributed by atoms with E-state index in [9.17, 15) is 18.0 Å². The van der Waals surface area contributed by atoms with Gasteiger partial charge in [-0.1, -0.05) is 71.9 Å². The van der Waals surface area contributed by atoms with Crippen molar-refractivity contribution < 1.29 is 18.0 Å². The Morgan fingerprint density at radius 3 is 2.31 bits per heavy atom. The molecule has 3 rings (SSSR count). The normalized spacial score (nSPS) is 15.2. The molecule has 0 spiro atoms. The zero-order chi connectivity index (χ0) is 26.3. The quantitative estimate of drug-likeness (QED) is 0.411. The van der Waals surface area contributed by atoms with Crippen molar-refractivity contribution in [3.63, 3.8) is 0 Å². The zero-order valence-corrected chi connectivity index (χ0v) is 23.8. The van der Waals surface area contributed by atoms with Crippen LogP contribution in [0.15, 0.2) is 53.0 Å². The third-order valence-electron chi connectivity index (χ3n) is 6.43. The SMILES string of the molecule is CCC(C(=O)NC1CCCCC1)N(Cc1ccccc1Cl)C(=O)CN(c1ccc(Br)cc1)S(C)(=O)=O. The molecule has 0 bridgehead atoms. The number of anilines is 1. The molecule has 1 fully saturated rings. The van der Waals surface area contributed by atoms with Gasteiger partial charge in [-0.3, -0.25) is 13.9 Å². The lowest BCUT2D eigenvalue weighted by atomic mass is 9.95. The van der Waals surface area contributed by atoms with Crippen molar-refractivity contribution in [3.05, 3.63) is 63.6 Å². The first kappa shape index (κ1) is 28.5. The average molecular weight is 599 g/mol. The lowest BCUT2D eigenvalue weighted by molar-refractivity contribution is -0.140. The van der Waals surface area contributed by atoms with Crippen LogP contribution in [0.2, 0.25) is 5.02 Å². The van der Waals surface area contributed by atoms with Gasteiger partial charge in [-0.2, -0.15) is 0 Å². The maximum absolute atomic E-state index is 13.7. The summed E-state index contributed by atoms with van der Waals surface area (Å²) in [5, 5.41) is 3.60. The summed E-state index contributed by atoms with van der Waals surface area (Å²) in [6.07, 6.45) is 6.59. The number of carbonyl (C=O) groups excluding carboxylic acids is 2. The van der Waals surface area contributed by atoms with Crippen molar-refractivity contribution in [2.75, 3.05) is 17.1 Å². The number of amides is 2. The Morgan fingerprint density at radius 1 is 1.08 bits per heavy atom. The van der Waals surface area contributed by atoms with E-state index in [4.69, 9.17) is 11.6 Å². The Bertz CT molecular complexity index is 1150. The standard InChI is InChI=1S/C26H33BrClN3O4S/c1-3-24(26(33)29-21-10-5-4-6-11-21)30(17-19-9-7-8-12-23(19)28)25(32)18-31(36(2,34)35)22-15-13-20(27)14-16-22/h7-9,12-16,21,24H,3-6,10-11,17-18H2,1-2H3,(H,29,33). The summed E-state index contributed by atoms with van der Waals surface area (Å²) < 4.78 is 27.2. The highest BCUT2D eigenvalue weighted by Gasteiger charge is 2.33. The van der Waals surface area contributed by atoms with Crippen molar-refractivity contribution in [2.45, 2.75) is 64.1 Å². The van der Waals surface area contributed by atoms with E-state index in [1.807, 2.05) is 13.0 Å². The van der Waals surface area contributed by atoms with Gasteiger partial charge >= 0.3 is 0 Å². The Labute approximate surface area is 227 Å². The van der Waals surface area contributed by atoms with Crippen molar-refractivity contribution in [1.82, 2.24) is 10.2 Å². The van der Waals surface area contributed by atoms with Crippen LogP contribution in [-0.4, -0.2) is 50.0 Å². The van der Waals surface area contributed by atoms with E-state index in [0.29, 0.717) is 22.7 Å². The topological polar surface area (TPSA) is 86.8 Å². The molecule has 0 aliphatic heterocycles. The van der Waals surface area contributed by atoms with Crippen molar-refractivity contribution in [3.8, 4) is 0 Å². The third kappa shape index (κ3) is 7.70. The molecular formula is C26H33BrClN3O4S. The van der Waals surface area contributed by atoms with Gasteiger partial charge in [0.1, 0.15) is 12.6 Å². The molecule has 1 N–H and O–H groups in total. The largest absolute Gasteiger partial charge is 0.352 e. The van der Waals surface area contributed by atoms with Crippen LogP contribution in [-0.2, 0) is 26.2 Å². The zero-order valence-electron chi connectivity index (χ0n) is 20.6. The van der Waals surface area contributed by atoms with Gasteiger partial charge in [-0.25, -0.2) is 8.42 Å². The van der Waals surface area contributed by atoms with E-state index in [2.05, 4.69) is 21.2 Å². The average Bonchev–Trinajstić information content (AvgIpc) is 2.84. The van der Waals surface area contributed by atoms with Crippen LogP contribution in [0, 0.1) is 0 Å². The summed E-state index contributed by atoms with van der Waals surface area (Å²) in [4.78, 5) is 28.6. The number of nitrogens with one attached hydrogen (secondary N) is 1. The van der Waals surface area contributed by atoms with Gasteiger partial charge in [0.05, 0.1) is 11.9 Å². The number of rotatable bonds is 10. The predicted molar refractivity (Wildman–Crippen MR) is 147 cm³/mol. The summed E-state index contributed by atoms with van der Waals surface area (Å²) in [5.74, 6) is -0.701. The fraction of sp³-hybridized carbons (Fsp3) is 0.462. The van der Waals surface area contributed by atoms with E-state index >= 15 is 0 Å². The predicted octanol–water partition coefficient (Wildman–Crippen LogP) is 5.12. The van der Waals surface area contributed by atoms with Gasteiger partial charge in [-0.15, -0.1) is 0 Å². The number of sulfonamides is 1. The van der Waals surface area contributed by atoms with E-state index in [1.165, 1.54) is 4.90 Å². The highest BCUT2D eigenvalue weighted by molar-refractivity contribution is 9.10. The van der Waals surface area contributed by atoms with Gasteiger partial charge < -0.3 is 10.2 Å². The summed E-state index contributed by atoms with van der Waals surface area (Å²) in [5.41, 5.74) is 1.05. The molecule has 1 aliphatic rings. The smallest absolute Gasteiger partial charge is 0.244 e. The summed E-state index contributed by atoms with van der Waals surface area (Å²) in [6.45, 7) is 1.51. The lowest BCUT2D eigenvalue weighted by Crippen LogP contribution is -2.54. The Morgan fingerprint density at radius 2 is 1.72 bits per heavy atom. The maximum atomic E-state index is 13.7. The van der Waals surface area contributed by atoms with E-state index in [0.717, 1.165) is 47.1 Å². The summed E-state index contributed by atoms with van der Waals surface area (Å²) in [6, 6.07) is 13.2. The minimum absolute atomic E-state index is 0.0903.